The van der Waals surface area contributed by atoms with Crippen molar-refractivity contribution in [1.82, 2.24) is 0 Å². The highest BCUT2D eigenvalue weighted by Gasteiger charge is 2.11. The third-order valence-electron chi connectivity index (χ3n) is 3.42. The Balaban J connectivity index is 2.34. The maximum absolute atomic E-state index is 11.8. The van der Waals surface area contributed by atoms with Gasteiger partial charge in [-0.25, -0.2) is 9.59 Å². The van der Waals surface area contributed by atoms with Crippen LogP contribution < -0.4 is 0 Å². The zero-order valence-electron chi connectivity index (χ0n) is 12.8. The summed E-state index contributed by atoms with van der Waals surface area (Å²) in [5.41, 5.74) is 0.550. The lowest BCUT2D eigenvalue weighted by Crippen LogP contribution is -2.12. The van der Waals surface area contributed by atoms with E-state index in [2.05, 4.69) is 13.8 Å². The summed E-state index contributed by atoms with van der Waals surface area (Å²) < 4.78 is 5.26. The number of hydrogen-bond donors (Lipinski definition) is 1. The molecule has 0 amide bonds. The second-order valence-electron chi connectivity index (χ2n) is 5.44. The van der Waals surface area contributed by atoms with Gasteiger partial charge < -0.3 is 9.84 Å². The van der Waals surface area contributed by atoms with E-state index in [4.69, 9.17) is 9.84 Å². The van der Waals surface area contributed by atoms with Crippen molar-refractivity contribution >= 4 is 11.9 Å². The Labute approximate surface area is 126 Å². The minimum atomic E-state index is -1.00. The molecule has 0 saturated heterocycles. The molecule has 1 aromatic carbocycles. The number of benzene rings is 1. The van der Waals surface area contributed by atoms with E-state index in [0.29, 0.717) is 18.1 Å². The van der Waals surface area contributed by atoms with Crippen molar-refractivity contribution in [3.05, 3.63) is 35.4 Å². The minimum absolute atomic E-state index is 0.163. The predicted molar refractivity (Wildman–Crippen MR) is 81.6 cm³/mol. The van der Waals surface area contributed by atoms with Gasteiger partial charge in [0.15, 0.2) is 0 Å². The first-order valence-corrected chi connectivity index (χ1v) is 7.55. The van der Waals surface area contributed by atoms with E-state index in [1.165, 1.54) is 49.9 Å². The average molecular weight is 292 g/mol. The van der Waals surface area contributed by atoms with Crippen molar-refractivity contribution in [3.63, 3.8) is 0 Å². The monoisotopic (exact) mass is 292 g/mol. The number of rotatable bonds is 9. The van der Waals surface area contributed by atoms with E-state index in [1.54, 1.807) is 0 Å². The smallest absolute Gasteiger partial charge is 0.338 e. The molecule has 0 aliphatic heterocycles. The van der Waals surface area contributed by atoms with E-state index < -0.39 is 11.9 Å². The van der Waals surface area contributed by atoms with E-state index in [1.807, 2.05) is 0 Å². The van der Waals surface area contributed by atoms with Crippen molar-refractivity contribution < 1.29 is 19.4 Å². The van der Waals surface area contributed by atoms with Crippen LogP contribution in [-0.4, -0.2) is 23.7 Å². The Hall–Kier alpha value is -1.84. The van der Waals surface area contributed by atoms with Crippen LogP contribution in [0.3, 0.4) is 0 Å². The summed E-state index contributed by atoms with van der Waals surface area (Å²) >= 11 is 0. The number of carboxylic acid groups (broad SMARTS) is 1. The van der Waals surface area contributed by atoms with Crippen molar-refractivity contribution in [1.29, 1.82) is 0 Å². The lowest BCUT2D eigenvalue weighted by molar-refractivity contribution is 0.0441. The summed E-state index contributed by atoms with van der Waals surface area (Å²) in [6.07, 6.45) is 5.93. The van der Waals surface area contributed by atoms with Crippen molar-refractivity contribution in [2.24, 2.45) is 5.92 Å². The fourth-order valence-electron chi connectivity index (χ4n) is 2.05. The molecule has 0 aromatic heterocycles. The summed E-state index contributed by atoms with van der Waals surface area (Å²) in [6, 6.07) is 5.79. The fraction of sp³-hybridized carbons (Fsp3) is 0.529. The van der Waals surface area contributed by atoms with Gasteiger partial charge in [0, 0.05) is 0 Å². The molecule has 0 aliphatic carbocycles. The molecule has 0 fully saturated rings. The molecule has 0 aliphatic rings. The van der Waals surface area contributed by atoms with E-state index in [0.717, 1.165) is 6.42 Å². The van der Waals surface area contributed by atoms with Crippen molar-refractivity contribution in [2.75, 3.05) is 6.61 Å². The predicted octanol–water partition coefficient (Wildman–Crippen LogP) is 4.15. The van der Waals surface area contributed by atoms with Gasteiger partial charge in [0.2, 0.25) is 0 Å². The summed E-state index contributed by atoms with van der Waals surface area (Å²) in [5.74, 6) is -1.05. The quantitative estimate of drug-likeness (QED) is 0.548. The summed E-state index contributed by atoms with van der Waals surface area (Å²) in [5, 5.41) is 8.79. The van der Waals surface area contributed by atoms with Crippen LogP contribution in [-0.2, 0) is 4.74 Å². The molecule has 0 heterocycles. The first-order valence-electron chi connectivity index (χ1n) is 7.55. The van der Waals surface area contributed by atoms with Crippen LogP contribution >= 0.6 is 0 Å². The van der Waals surface area contributed by atoms with Crippen molar-refractivity contribution in [2.45, 2.75) is 46.0 Å². The fourth-order valence-corrected chi connectivity index (χ4v) is 2.05. The second kappa shape index (κ2) is 9.16. The lowest BCUT2D eigenvalue weighted by Gasteiger charge is -2.12. The molecule has 1 rings (SSSR count). The summed E-state index contributed by atoms with van der Waals surface area (Å²) in [4.78, 5) is 22.6. The molecular weight excluding hydrogens is 268 g/mol. The molecular formula is C17H24O4. The lowest BCUT2D eigenvalue weighted by atomic mass is 10.0. The molecule has 0 saturated carbocycles. The van der Waals surface area contributed by atoms with Crippen LogP contribution in [0.15, 0.2) is 24.3 Å². The van der Waals surface area contributed by atoms with E-state index >= 15 is 0 Å². The van der Waals surface area contributed by atoms with Gasteiger partial charge in [-0.2, -0.15) is 0 Å². The number of ether oxygens (including phenoxy) is 1. The third kappa shape index (κ3) is 6.43. The maximum Gasteiger partial charge on any atom is 0.338 e. The Kier molecular flexibility index (Phi) is 7.51. The number of carbonyl (C=O) groups is 2. The molecule has 1 aromatic rings. The minimum Gasteiger partial charge on any atom is -0.478 e. The van der Waals surface area contributed by atoms with Crippen LogP contribution in [0.4, 0.5) is 0 Å². The summed E-state index contributed by atoms with van der Waals surface area (Å²) in [6.45, 7) is 4.67. The Morgan fingerprint density at radius 3 is 2.29 bits per heavy atom. The van der Waals surface area contributed by atoms with Gasteiger partial charge in [-0.05, 0) is 36.6 Å². The zero-order valence-corrected chi connectivity index (χ0v) is 12.8. The van der Waals surface area contributed by atoms with Crippen LogP contribution in [0, 0.1) is 5.92 Å². The van der Waals surface area contributed by atoms with Gasteiger partial charge in [0.05, 0.1) is 17.7 Å². The highest BCUT2D eigenvalue weighted by atomic mass is 16.5. The maximum atomic E-state index is 11.8. The van der Waals surface area contributed by atoms with Gasteiger partial charge in [-0.3, -0.25) is 0 Å². The van der Waals surface area contributed by atoms with Crippen molar-refractivity contribution in [3.8, 4) is 0 Å². The van der Waals surface area contributed by atoms with E-state index in [9.17, 15) is 9.59 Å². The SMILES string of the molecule is CCCCCCC(C)COC(=O)c1ccc(C(=O)O)cc1. The van der Waals surface area contributed by atoms with Gasteiger partial charge in [-0.1, -0.05) is 39.5 Å². The highest BCUT2D eigenvalue weighted by molar-refractivity contribution is 5.92. The summed E-state index contributed by atoms with van der Waals surface area (Å²) in [7, 11) is 0. The Morgan fingerprint density at radius 1 is 1.10 bits per heavy atom. The van der Waals surface area contributed by atoms with Gasteiger partial charge in [0.1, 0.15) is 0 Å². The molecule has 4 heteroatoms. The normalized spacial score (nSPS) is 11.9. The van der Waals surface area contributed by atoms with Crippen LogP contribution in [0.2, 0.25) is 0 Å². The number of carboxylic acids is 1. The number of esters is 1. The third-order valence-corrected chi connectivity index (χ3v) is 3.42. The first kappa shape index (κ1) is 17.2. The molecule has 0 bridgehead atoms. The van der Waals surface area contributed by atoms with Gasteiger partial charge >= 0.3 is 11.9 Å². The zero-order chi connectivity index (χ0) is 15.7. The molecule has 0 spiro atoms. The Morgan fingerprint density at radius 2 is 1.71 bits per heavy atom. The molecule has 0 radical (unpaired) electrons. The van der Waals surface area contributed by atoms with Crippen LogP contribution in [0.5, 0.6) is 0 Å². The first-order chi connectivity index (χ1) is 10.0. The van der Waals surface area contributed by atoms with Gasteiger partial charge in [-0.15, -0.1) is 0 Å². The van der Waals surface area contributed by atoms with Crippen LogP contribution in [0.1, 0.15) is 66.7 Å². The molecule has 116 valence electrons. The largest absolute Gasteiger partial charge is 0.478 e. The topological polar surface area (TPSA) is 63.6 Å². The number of unbranched alkanes of at least 4 members (excludes halogenated alkanes) is 3. The van der Waals surface area contributed by atoms with E-state index in [-0.39, 0.29) is 5.56 Å². The molecule has 1 atom stereocenters. The standard InChI is InChI=1S/C17H24O4/c1-3-4-5-6-7-13(2)12-21-17(20)15-10-8-14(9-11-15)16(18)19/h8-11,13H,3-7,12H2,1-2H3,(H,18,19). The molecule has 1 unspecified atom stereocenters. The number of hydrogen-bond acceptors (Lipinski definition) is 3. The average Bonchev–Trinajstić information content (AvgIpc) is 2.49. The Bertz CT molecular complexity index is 450. The highest BCUT2D eigenvalue weighted by Crippen LogP contribution is 2.12. The molecule has 4 nitrogen and oxygen atoms in total. The molecule has 21 heavy (non-hydrogen) atoms. The van der Waals surface area contributed by atoms with Gasteiger partial charge in [0.25, 0.3) is 0 Å². The second-order valence-corrected chi connectivity index (χ2v) is 5.44. The number of aromatic carboxylic acids is 1. The molecule has 1 N–H and O–H groups in total. The number of carbonyl (C=O) groups excluding carboxylic acids is 1. The van der Waals surface area contributed by atoms with Crippen LogP contribution in [0.25, 0.3) is 0 Å².